The van der Waals surface area contributed by atoms with Crippen molar-refractivity contribution in [2.24, 2.45) is 5.73 Å². The van der Waals surface area contributed by atoms with Gasteiger partial charge in [-0.25, -0.2) is 4.98 Å². The Kier molecular flexibility index (Phi) is 4.00. The maximum Gasteiger partial charge on any atom is 0.164 e. The third kappa shape index (κ3) is 2.90. The standard InChI is InChI=1S/C16H24N2O5S/c1-15(2)19-7-8(21-15)10-12-13(23-16(3,4)22-12)11(20-10)9(17)14-18-5-6-24-14/h5-6,8-13H,7,17H2,1-4H3/t8-,9-,10-,11+,12+,13-/m1/s1. The third-order valence-electron chi connectivity index (χ3n) is 4.61. The number of hydrogen-bond donors (Lipinski definition) is 1. The molecular weight excluding hydrogens is 332 g/mol. The van der Waals surface area contributed by atoms with Crippen molar-refractivity contribution in [3.63, 3.8) is 0 Å². The zero-order valence-corrected chi connectivity index (χ0v) is 15.1. The first-order valence-corrected chi connectivity index (χ1v) is 9.12. The summed E-state index contributed by atoms with van der Waals surface area (Å²) in [7, 11) is 0. The zero-order chi connectivity index (χ0) is 17.1. The Morgan fingerprint density at radius 1 is 1.12 bits per heavy atom. The van der Waals surface area contributed by atoms with E-state index in [4.69, 9.17) is 29.4 Å². The fourth-order valence-electron chi connectivity index (χ4n) is 3.67. The molecule has 6 atom stereocenters. The Bertz CT molecular complexity index is 593. The first kappa shape index (κ1) is 16.8. The molecular formula is C16H24N2O5S. The molecule has 3 aliphatic rings. The lowest BCUT2D eigenvalue weighted by Crippen LogP contribution is -2.40. The summed E-state index contributed by atoms with van der Waals surface area (Å²) in [5.41, 5.74) is 6.42. The number of hydrogen-bond acceptors (Lipinski definition) is 8. The molecule has 0 aromatic carbocycles. The number of nitrogens with zero attached hydrogens (tertiary/aromatic N) is 1. The number of thiazole rings is 1. The fourth-order valence-corrected chi connectivity index (χ4v) is 4.34. The molecule has 4 rings (SSSR count). The second kappa shape index (κ2) is 5.70. The van der Waals surface area contributed by atoms with E-state index in [1.54, 1.807) is 6.20 Å². The summed E-state index contributed by atoms with van der Waals surface area (Å²) < 4.78 is 30.2. The van der Waals surface area contributed by atoms with E-state index in [-0.39, 0.29) is 36.6 Å². The predicted molar refractivity (Wildman–Crippen MR) is 86.4 cm³/mol. The third-order valence-corrected chi connectivity index (χ3v) is 5.49. The molecule has 0 radical (unpaired) electrons. The van der Waals surface area contributed by atoms with Crippen LogP contribution in [-0.4, -0.2) is 53.7 Å². The molecule has 0 aliphatic carbocycles. The SMILES string of the molecule is CC1(C)O[C@@H]2[C@H](O1)[C@H]([C@@H](N)c1nccs1)O[C@@H]2[C@H]1COC(C)(C)O1. The highest BCUT2D eigenvalue weighted by Gasteiger charge is 2.60. The Balaban J connectivity index is 1.58. The summed E-state index contributed by atoms with van der Waals surface area (Å²) in [6.45, 7) is 8.07. The largest absolute Gasteiger partial charge is 0.364 e. The molecule has 134 valence electrons. The molecule has 3 saturated heterocycles. The zero-order valence-electron chi connectivity index (χ0n) is 14.3. The molecule has 3 fully saturated rings. The summed E-state index contributed by atoms with van der Waals surface area (Å²) in [5, 5.41) is 2.74. The molecule has 0 amide bonds. The Hall–Kier alpha value is -0.610. The maximum atomic E-state index is 6.42. The lowest BCUT2D eigenvalue weighted by Gasteiger charge is -2.28. The van der Waals surface area contributed by atoms with Crippen molar-refractivity contribution in [1.29, 1.82) is 0 Å². The molecule has 0 saturated carbocycles. The Morgan fingerprint density at radius 2 is 1.88 bits per heavy atom. The minimum absolute atomic E-state index is 0.210. The minimum atomic E-state index is -0.673. The first-order chi connectivity index (χ1) is 11.3. The first-order valence-electron chi connectivity index (χ1n) is 8.24. The van der Waals surface area contributed by atoms with Gasteiger partial charge in [0.2, 0.25) is 0 Å². The van der Waals surface area contributed by atoms with Gasteiger partial charge >= 0.3 is 0 Å². The van der Waals surface area contributed by atoms with Gasteiger partial charge in [0.25, 0.3) is 0 Å². The monoisotopic (exact) mass is 356 g/mol. The van der Waals surface area contributed by atoms with Crippen molar-refractivity contribution in [1.82, 2.24) is 4.98 Å². The summed E-state index contributed by atoms with van der Waals surface area (Å²) >= 11 is 1.52. The second-order valence-corrected chi connectivity index (χ2v) is 8.32. The Labute approximate surface area is 145 Å². The van der Waals surface area contributed by atoms with Gasteiger partial charge in [-0.3, -0.25) is 0 Å². The minimum Gasteiger partial charge on any atom is -0.364 e. The van der Waals surface area contributed by atoms with Crippen molar-refractivity contribution < 1.29 is 23.7 Å². The summed E-state index contributed by atoms with van der Waals surface area (Å²) in [6.07, 6.45) is 0.430. The average Bonchev–Trinajstić information content (AvgIpc) is 3.21. The van der Waals surface area contributed by atoms with Crippen molar-refractivity contribution >= 4 is 11.3 Å². The molecule has 1 aromatic heterocycles. The van der Waals surface area contributed by atoms with E-state index in [0.29, 0.717) is 6.61 Å². The van der Waals surface area contributed by atoms with Crippen molar-refractivity contribution in [2.75, 3.05) is 6.61 Å². The highest BCUT2D eigenvalue weighted by Crippen LogP contribution is 2.44. The van der Waals surface area contributed by atoms with Crippen LogP contribution in [0.2, 0.25) is 0 Å². The van der Waals surface area contributed by atoms with Gasteiger partial charge in [0.15, 0.2) is 11.6 Å². The van der Waals surface area contributed by atoms with Crippen molar-refractivity contribution in [2.45, 2.75) is 75.8 Å². The van der Waals surface area contributed by atoms with E-state index < -0.39 is 11.6 Å². The van der Waals surface area contributed by atoms with Gasteiger partial charge in [0, 0.05) is 11.6 Å². The van der Waals surface area contributed by atoms with E-state index in [0.717, 1.165) is 5.01 Å². The molecule has 0 unspecified atom stereocenters. The van der Waals surface area contributed by atoms with Gasteiger partial charge in [0.05, 0.1) is 12.6 Å². The molecule has 7 nitrogen and oxygen atoms in total. The predicted octanol–water partition coefficient (Wildman–Crippen LogP) is 1.58. The van der Waals surface area contributed by atoms with Crippen LogP contribution in [0.3, 0.4) is 0 Å². The highest BCUT2D eigenvalue weighted by atomic mass is 32.1. The van der Waals surface area contributed by atoms with Crippen LogP contribution in [0.25, 0.3) is 0 Å². The number of aromatic nitrogens is 1. The van der Waals surface area contributed by atoms with E-state index in [1.165, 1.54) is 11.3 Å². The number of nitrogens with two attached hydrogens (primary N) is 1. The molecule has 0 bridgehead atoms. The van der Waals surface area contributed by atoms with Crippen LogP contribution in [0.4, 0.5) is 0 Å². The number of rotatable bonds is 3. The van der Waals surface area contributed by atoms with Crippen LogP contribution in [0, 0.1) is 0 Å². The average molecular weight is 356 g/mol. The van der Waals surface area contributed by atoms with Crippen molar-refractivity contribution in [3.05, 3.63) is 16.6 Å². The second-order valence-electron chi connectivity index (χ2n) is 7.39. The van der Waals surface area contributed by atoms with E-state index >= 15 is 0 Å². The normalized spacial score (nSPS) is 41.5. The lowest BCUT2D eigenvalue weighted by atomic mass is 10.0. The summed E-state index contributed by atoms with van der Waals surface area (Å²) in [4.78, 5) is 4.32. The van der Waals surface area contributed by atoms with Crippen LogP contribution >= 0.6 is 11.3 Å². The molecule has 24 heavy (non-hydrogen) atoms. The van der Waals surface area contributed by atoms with Gasteiger partial charge in [-0.05, 0) is 27.7 Å². The van der Waals surface area contributed by atoms with Crippen LogP contribution < -0.4 is 5.73 Å². The van der Waals surface area contributed by atoms with Gasteiger partial charge in [-0.1, -0.05) is 0 Å². The smallest absolute Gasteiger partial charge is 0.164 e. The molecule has 8 heteroatoms. The Morgan fingerprint density at radius 3 is 2.50 bits per heavy atom. The van der Waals surface area contributed by atoms with E-state index in [1.807, 2.05) is 33.1 Å². The number of ether oxygens (including phenoxy) is 5. The molecule has 3 aliphatic heterocycles. The number of fused-ring (bicyclic) bond motifs is 1. The van der Waals surface area contributed by atoms with Gasteiger partial charge < -0.3 is 29.4 Å². The fraction of sp³-hybridized carbons (Fsp3) is 0.812. The summed E-state index contributed by atoms with van der Waals surface area (Å²) in [6, 6.07) is -0.365. The van der Waals surface area contributed by atoms with Crippen LogP contribution in [0.15, 0.2) is 11.6 Å². The summed E-state index contributed by atoms with van der Waals surface area (Å²) in [5.74, 6) is -1.29. The topological polar surface area (TPSA) is 85.1 Å². The van der Waals surface area contributed by atoms with Crippen molar-refractivity contribution in [3.8, 4) is 0 Å². The molecule has 2 N–H and O–H groups in total. The maximum absolute atomic E-state index is 6.42. The van der Waals surface area contributed by atoms with Crippen LogP contribution in [0.1, 0.15) is 38.7 Å². The van der Waals surface area contributed by atoms with Crippen LogP contribution in [-0.2, 0) is 23.7 Å². The van der Waals surface area contributed by atoms with Gasteiger partial charge in [-0.2, -0.15) is 0 Å². The van der Waals surface area contributed by atoms with Gasteiger partial charge in [-0.15, -0.1) is 11.3 Å². The van der Waals surface area contributed by atoms with E-state index in [2.05, 4.69) is 4.98 Å². The lowest BCUT2D eigenvalue weighted by molar-refractivity contribution is -0.208. The molecule has 4 heterocycles. The van der Waals surface area contributed by atoms with Crippen LogP contribution in [0.5, 0.6) is 0 Å². The molecule has 0 spiro atoms. The molecule has 1 aromatic rings. The highest BCUT2D eigenvalue weighted by molar-refractivity contribution is 7.09. The van der Waals surface area contributed by atoms with Gasteiger partial charge in [0.1, 0.15) is 35.5 Å². The van der Waals surface area contributed by atoms with E-state index in [9.17, 15) is 0 Å². The quantitative estimate of drug-likeness (QED) is 0.880.